The first-order valence-electron chi connectivity index (χ1n) is 7.44. The minimum Gasteiger partial charge on any atom is -0.447 e. The average Bonchev–Trinajstić information content (AvgIpc) is 2.52. The van der Waals surface area contributed by atoms with Gasteiger partial charge < -0.3 is 35.6 Å². The molecule has 0 aliphatic heterocycles. The van der Waals surface area contributed by atoms with Crippen LogP contribution in [0.5, 0.6) is 0 Å². The van der Waals surface area contributed by atoms with Gasteiger partial charge in [0.1, 0.15) is 13.2 Å². The van der Waals surface area contributed by atoms with E-state index in [2.05, 4.69) is 25.4 Å². The average molecular weight is 321 g/mol. The molecule has 9 heteroatoms. The number of hydrogen-bond acceptors (Lipinski definition) is 7. The maximum atomic E-state index is 11.0. The molecule has 0 aromatic heterocycles. The lowest BCUT2D eigenvalue weighted by atomic mass is 10.3. The first-order valence-corrected chi connectivity index (χ1v) is 7.44. The number of ether oxygens (including phenoxy) is 2. The molecule has 2 amide bonds. The molecule has 0 unspecified atom stereocenters. The molecule has 0 spiro atoms. The molecule has 0 radical (unpaired) electrons. The van der Waals surface area contributed by atoms with Crippen LogP contribution in [0.2, 0.25) is 0 Å². The zero-order valence-electron chi connectivity index (χ0n) is 12.8. The molecule has 9 nitrogen and oxygen atoms in total. The van der Waals surface area contributed by atoms with Gasteiger partial charge in [0.2, 0.25) is 0 Å². The van der Waals surface area contributed by atoms with Crippen LogP contribution in [0.15, 0.2) is 0 Å². The SMILES string of the molecule is O=C(NCCCCNCCCNC(=O)OCCO)OCCO. The lowest BCUT2D eigenvalue weighted by Gasteiger charge is -2.07. The number of rotatable bonds is 13. The van der Waals surface area contributed by atoms with Crippen LogP contribution in [0.3, 0.4) is 0 Å². The van der Waals surface area contributed by atoms with Gasteiger partial charge in [0.05, 0.1) is 13.2 Å². The minimum atomic E-state index is -0.520. The van der Waals surface area contributed by atoms with Crippen molar-refractivity contribution in [3.05, 3.63) is 0 Å². The number of carbonyl (C=O) groups is 2. The summed E-state index contributed by atoms with van der Waals surface area (Å²) in [5.41, 5.74) is 0. The van der Waals surface area contributed by atoms with Crippen molar-refractivity contribution < 1.29 is 29.3 Å². The van der Waals surface area contributed by atoms with Crippen LogP contribution in [0.25, 0.3) is 0 Å². The number of amides is 2. The molecule has 130 valence electrons. The summed E-state index contributed by atoms with van der Waals surface area (Å²) in [5.74, 6) is 0. The minimum absolute atomic E-state index is 0.00562. The standard InChI is InChI=1S/C13H27N3O6/c17-8-10-21-12(19)15-6-2-1-4-14-5-3-7-16-13(20)22-11-9-18/h14,17-18H,1-11H2,(H,15,19)(H,16,20). The fourth-order valence-electron chi connectivity index (χ4n) is 1.47. The molecule has 0 atom stereocenters. The smallest absolute Gasteiger partial charge is 0.407 e. The molecule has 22 heavy (non-hydrogen) atoms. The predicted molar refractivity (Wildman–Crippen MR) is 79.6 cm³/mol. The molecule has 0 aliphatic carbocycles. The van der Waals surface area contributed by atoms with Crippen LogP contribution in [-0.2, 0) is 9.47 Å². The van der Waals surface area contributed by atoms with Crippen molar-refractivity contribution in [3.63, 3.8) is 0 Å². The van der Waals surface area contributed by atoms with E-state index in [9.17, 15) is 9.59 Å². The number of aliphatic hydroxyl groups excluding tert-OH is 2. The van der Waals surface area contributed by atoms with E-state index in [1.165, 1.54) is 0 Å². The van der Waals surface area contributed by atoms with Crippen LogP contribution in [0.1, 0.15) is 19.3 Å². The second kappa shape index (κ2) is 15.8. The summed E-state index contributed by atoms with van der Waals surface area (Å²) in [7, 11) is 0. The summed E-state index contributed by atoms with van der Waals surface area (Å²) in [5, 5.41) is 25.3. The number of aliphatic hydroxyl groups is 2. The van der Waals surface area contributed by atoms with Gasteiger partial charge >= 0.3 is 12.2 Å². The van der Waals surface area contributed by atoms with E-state index >= 15 is 0 Å². The van der Waals surface area contributed by atoms with Gasteiger partial charge in [-0.05, 0) is 32.4 Å². The third-order valence-electron chi connectivity index (χ3n) is 2.50. The highest BCUT2D eigenvalue weighted by Crippen LogP contribution is 1.86. The van der Waals surface area contributed by atoms with E-state index in [0.717, 1.165) is 32.4 Å². The van der Waals surface area contributed by atoms with Gasteiger partial charge in [0.25, 0.3) is 0 Å². The van der Waals surface area contributed by atoms with E-state index in [1.54, 1.807) is 0 Å². The second-order valence-corrected chi connectivity index (χ2v) is 4.38. The van der Waals surface area contributed by atoms with Crippen molar-refractivity contribution in [2.45, 2.75) is 19.3 Å². The second-order valence-electron chi connectivity index (χ2n) is 4.38. The molecule has 0 aromatic rings. The summed E-state index contributed by atoms with van der Waals surface area (Å²) in [6.45, 7) is 2.29. The highest BCUT2D eigenvalue weighted by Gasteiger charge is 2.00. The summed E-state index contributed by atoms with van der Waals surface area (Å²) in [6, 6.07) is 0. The van der Waals surface area contributed by atoms with Gasteiger partial charge in [-0.25, -0.2) is 9.59 Å². The molecular formula is C13H27N3O6. The molecule has 0 heterocycles. The maximum absolute atomic E-state index is 11.0. The first kappa shape index (κ1) is 20.4. The van der Waals surface area contributed by atoms with Gasteiger partial charge in [0, 0.05) is 13.1 Å². The van der Waals surface area contributed by atoms with Gasteiger partial charge in [-0.3, -0.25) is 0 Å². The van der Waals surface area contributed by atoms with Gasteiger partial charge in [0.15, 0.2) is 0 Å². The van der Waals surface area contributed by atoms with Crippen LogP contribution >= 0.6 is 0 Å². The molecule has 0 rings (SSSR count). The van der Waals surface area contributed by atoms with Crippen LogP contribution in [0, 0.1) is 0 Å². The molecule has 0 saturated heterocycles. The topological polar surface area (TPSA) is 129 Å². The summed E-state index contributed by atoms with van der Waals surface area (Å²) in [6.07, 6.45) is 1.48. The Hall–Kier alpha value is -1.58. The summed E-state index contributed by atoms with van der Waals surface area (Å²) in [4.78, 5) is 22.0. The van der Waals surface area contributed by atoms with E-state index in [1.807, 2.05) is 0 Å². The van der Waals surface area contributed by atoms with Gasteiger partial charge in [-0.1, -0.05) is 0 Å². The van der Waals surface area contributed by atoms with Crippen molar-refractivity contribution in [2.24, 2.45) is 0 Å². The summed E-state index contributed by atoms with van der Waals surface area (Å²) < 4.78 is 9.26. The zero-order valence-corrected chi connectivity index (χ0v) is 12.8. The molecule has 0 saturated carbocycles. The van der Waals surface area contributed by atoms with E-state index in [-0.39, 0.29) is 26.4 Å². The number of carbonyl (C=O) groups excluding carboxylic acids is 2. The summed E-state index contributed by atoms with van der Waals surface area (Å²) >= 11 is 0. The highest BCUT2D eigenvalue weighted by atomic mass is 16.6. The number of hydrogen-bond donors (Lipinski definition) is 5. The normalized spacial score (nSPS) is 10.1. The monoisotopic (exact) mass is 321 g/mol. The molecule has 0 aliphatic rings. The third kappa shape index (κ3) is 14.8. The molecular weight excluding hydrogens is 294 g/mol. The number of nitrogens with one attached hydrogen (secondary N) is 3. The van der Waals surface area contributed by atoms with Crippen molar-refractivity contribution in [2.75, 3.05) is 52.6 Å². The Morgan fingerprint density at radius 2 is 1.18 bits per heavy atom. The quantitative estimate of drug-likeness (QED) is 0.280. The Morgan fingerprint density at radius 1 is 0.727 bits per heavy atom. The van der Waals surface area contributed by atoms with Crippen LogP contribution in [0.4, 0.5) is 9.59 Å². The fourth-order valence-corrected chi connectivity index (χ4v) is 1.47. The maximum Gasteiger partial charge on any atom is 0.407 e. The van der Waals surface area contributed by atoms with Crippen molar-refractivity contribution >= 4 is 12.2 Å². The van der Waals surface area contributed by atoms with Crippen molar-refractivity contribution in [3.8, 4) is 0 Å². The highest BCUT2D eigenvalue weighted by molar-refractivity contribution is 5.67. The molecule has 0 fully saturated rings. The van der Waals surface area contributed by atoms with Gasteiger partial charge in [-0.2, -0.15) is 0 Å². The fraction of sp³-hybridized carbons (Fsp3) is 0.846. The Kier molecular flexibility index (Phi) is 14.7. The van der Waals surface area contributed by atoms with Crippen LogP contribution < -0.4 is 16.0 Å². The number of alkyl carbamates (subject to hydrolysis) is 2. The van der Waals surface area contributed by atoms with Crippen LogP contribution in [-0.4, -0.2) is 75.0 Å². The lowest BCUT2D eigenvalue weighted by molar-refractivity contribution is 0.118. The Morgan fingerprint density at radius 3 is 1.73 bits per heavy atom. The lowest BCUT2D eigenvalue weighted by Crippen LogP contribution is -2.29. The Labute approximate surface area is 130 Å². The third-order valence-corrected chi connectivity index (χ3v) is 2.50. The Bertz CT molecular complexity index is 263. The van der Waals surface area contributed by atoms with Crippen molar-refractivity contribution in [1.29, 1.82) is 0 Å². The number of unbranched alkanes of at least 4 members (excludes halogenated alkanes) is 1. The Balaban J connectivity index is 3.17. The van der Waals surface area contributed by atoms with Crippen molar-refractivity contribution in [1.82, 2.24) is 16.0 Å². The van der Waals surface area contributed by atoms with E-state index in [0.29, 0.717) is 13.1 Å². The first-order chi connectivity index (χ1) is 10.7. The zero-order chi connectivity index (χ0) is 16.5. The predicted octanol–water partition coefficient (Wildman–Crippen LogP) is -0.817. The van der Waals surface area contributed by atoms with E-state index in [4.69, 9.17) is 10.2 Å². The molecule has 0 aromatic carbocycles. The van der Waals surface area contributed by atoms with Gasteiger partial charge in [-0.15, -0.1) is 0 Å². The van der Waals surface area contributed by atoms with E-state index < -0.39 is 12.2 Å². The molecule has 5 N–H and O–H groups in total. The molecule has 0 bridgehead atoms. The largest absolute Gasteiger partial charge is 0.447 e.